The third kappa shape index (κ3) is 3.30. The second-order valence-electron chi connectivity index (χ2n) is 4.99. The van der Waals surface area contributed by atoms with Crippen LogP contribution in [0.25, 0.3) is 0 Å². The van der Waals surface area contributed by atoms with Crippen molar-refractivity contribution in [1.29, 1.82) is 0 Å². The van der Waals surface area contributed by atoms with Crippen LogP contribution in [0.5, 0.6) is 0 Å². The van der Waals surface area contributed by atoms with Crippen molar-refractivity contribution in [3.63, 3.8) is 0 Å². The Kier molecular flexibility index (Phi) is 4.57. The molecule has 1 aliphatic rings. The van der Waals surface area contributed by atoms with Gasteiger partial charge in [-0.3, -0.25) is 0 Å². The Hall–Kier alpha value is -0.870. The predicted octanol–water partition coefficient (Wildman–Crippen LogP) is 1.48. The van der Waals surface area contributed by atoms with Crippen LogP contribution in [0.15, 0.2) is 12.4 Å². The molecule has 0 aromatic carbocycles. The quantitative estimate of drug-likeness (QED) is 0.840. The van der Waals surface area contributed by atoms with Crippen molar-refractivity contribution in [3.8, 4) is 0 Å². The molecular weight excluding hydrogens is 212 g/mol. The molecule has 0 spiro atoms. The molecule has 0 radical (unpaired) electrons. The number of rotatable bonds is 5. The zero-order valence-corrected chi connectivity index (χ0v) is 11.0. The summed E-state index contributed by atoms with van der Waals surface area (Å²) in [6, 6.07) is 0.758. The zero-order chi connectivity index (χ0) is 12.1. The minimum atomic E-state index is 0.758. The van der Waals surface area contributed by atoms with Crippen LogP contribution in [-0.4, -0.2) is 41.1 Å². The van der Waals surface area contributed by atoms with E-state index in [4.69, 9.17) is 0 Å². The number of piperidine rings is 1. The van der Waals surface area contributed by atoms with Gasteiger partial charge in [-0.2, -0.15) is 0 Å². The van der Waals surface area contributed by atoms with Crippen molar-refractivity contribution in [2.45, 2.75) is 44.8 Å². The number of hydrogen-bond donors (Lipinski definition) is 1. The van der Waals surface area contributed by atoms with Crippen LogP contribution in [0.4, 0.5) is 0 Å². The average molecular weight is 236 g/mol. The molecule has 17 heavy (non-hydrogen) atoms. The van der Waals surface area contributed by atoms with Crippen LogP contribution in [-0.2, 0) is 13.1 Å². The molecule has 0 amide bonds. The SMILES string of the molecule is CNCc1nccn1CCC1CCCCN1C. The molecule has 1 N–H and O–H groups in total. The van der Waals surface area contributed by atoms with Gasteiger partial charge in [0.25, 0.3) is 0 Å². The Balaban J connectivity index is 1.86. The highest BCUT2D eigenvalue weighted by Crippen LogP contribution is 2.18. The lowest BCUT2D eigenvalue weighted by molar-refractivity contribution is 0.170. The van der Waals surface area contributed by atoms with E-state index in [2.05, 4.69) is 33.0 Å². The Morgan fingerprint density at radius 1 is 1.47 bits per heavy atom. The van der Waals surface area contributed by atoms with E-state index in [0.717, 1.165) is 25.0 Å². The van der Waals surface area contributed by atoms with E-state index in [1.54, 1.807) is 0 Å². The van der Waals surface area contributed by atoms with Gasteiger partial charge in [0.1, 0.15) is 5.82 Å². The van der Waals surface area contributed by atoms with Gasteiger partial charge in [0.05, 0.1) is 6.54 Å². The van der Waals surface area contributed by atoms with E-state index < -0.39 is 0 Å². The molecule has 4 nitrogen and oxygen atoms in total. The van der Waals surface area contributed by atoms with Crippen LogP contribution in [0.1, 0.15) is 31.5 Å². The first-order chi connectivity index (χ1) is 8.31. The first kappa shape index (κ1) is 12.6. The highest BCUT2D eigenvalue weighted by atomic mass is 15.1. The van der Waals surface area contributed by atoms with Gasteiger partial charge < -0.3 is 14.8 Å². The van der Waals surface area contributed by atoms with Crippen LogP contribution < -0.4 is 5.32 Å². The van der Waals surface area contributed by atoms with Crippen LogP contribution >= 0.6 is 0 Å². The molecule has 1 unspecified atom stereocenters. The maximum Gasteiger partial charge on any atom is 0.122 e. The third-order valence-corrected chi connectivity index (χ3v) is 3.76. The lowest BCUT2D eigenvalue weighted by Crippen LogP contribution is -2.36. The lowest BCUT2D eigenvalue weighted by atomic mass is 10.0. The fraction of sp³-hybridized carbons (Fsp3) is 0.769. The van der Waals surface area contributed by atoms with Gasteiger partial charge in [-0.05, 0) is 39.9 Å². The molecule has 1 fully saturated rings. The van der Waals surface area contributed by atoms with E-state index in [9.17, 15) is 0 Å². The first-order valence-corrected chi connectivity index (χ1v) is 6.66. The molecule has 2 rings (SSSR count). The van der Waals surface area contributed by atoms with Crippen LogP contribution in [0.2, 0.25) is 0 Å². The average Bonchev–Trinajstić information content (AvgIpc) is 2.76. The van der Waals surface area contributed by atoms with Gasteiger partial charge in [0, 0.05) is 25.0 Å². The van der Waals surface area contributed by atoms with Gasteiger partial charge in [-0.15, -0.1) is 0 Å². The number of hydrogen-bond acceptors (Lipinski definition) is 3. The van der Waals surface area contributed by atoms with Crippen molar-refractivity contribution in [2.24, 2.45) is 0 Å². The molecule has 1 atom stereocenters. The number of nitrogens with one attached hydrogen (secondary N) is 1. The summed E-state index contributed by atoms with van der Waals surface area (Å²) in [6.45, 7) is 3.21. The monoisotopic (exact) mass is 236 g/mol. The van der Waals surface area contributed by atoms with Gasteiger partial charge in [-0.25, -0.2) is 4.98 Å². The summed E-state index contributed by atoms with van der Waals surface area (Å²) in [4.78, 5) is 6.89. The maximum atomic E-state index is 4.38. The molecule has 4 heteroatoms. The summed E-state index contributed by atoms with van der Waals surface area (Å²) in [7, 11) is 4.22. The molecule has 0 bridgehead atoms. The third-order valence-electron chi connectivity index (χ3n) is 3.76. The van der Waals surface area contributed by atoms with E-state index >= 15 is 0 Å². The molecule has 1 aromatic heterocycles. The molecule has 1 saturated heterocycles. The van der Waals surface area contributed by atoms with Crippen molar-refractivity contribution in [3.05, 3.63) is 18.2 Å². The minimum Gasteiger partial charge on any atom is -0.334 e. The predicted molar refractivity (Wildman–Crippen MR) is 69.9 cm³/mol. The maximum absolute atomic E-state index is 4.38. The smallest absolute Gasteiger partial charge is 0.122 e. The summed E-state index contributed by atoms with van der Waals surface area (Å²) in [5, 5.41) is 3.16. The Bertz CT molecular complexity index is 334. The standard InChI is InChI=1S/C13H24N4/c1-14-11-13-15-7-10-17(13)9-6-12-5-3-4-8-16(12)2/h7,10,12,14H,3-6,8-9,11H2,1-2H3. The Labute approximate surface area is 104 Å². The summed E-state index contributed by atoms with van der Waals surface area (Å²) >= 11 is 0. The molecule has 1 aromatic rings. The first-order valence-electron chi connectivity index (χ1n) is 6.66. The molecule has 2 heterocycles. The highest BCUT2D eigenvalue weighted by molar-refractivity contribution is 4.92. The summed E-state index contributed by atoms with van der Waals surface area (Å²) in [6.07, 6.45) is 9.34. The van der Waals surface area contributed by atoms with Crippen LogP contribution in [0, 0.1) is 0 Å². The van der Waals surface area contributed by atoms with E-state index in [0.29, 0.717) is 0 Å². The minimum absolute atomic E-state index is 0.758. The second-order valence-corrected chi connectivity index (χ2v) is 4.99. The fourth-order valence-corrected chi connectivity index (χ4v) is 2.67. The normalized spacial score (nSPS) is 21.9. The van der Waals surface area contributed by atoms with Gasteiger partial charge in [0.2, 0.25) is 0 Å². The number of aryl methyl sites for hydroxylation is 1. The fourth-order valence-electron chi connectivity index (χ4n) is 2.67. The van der Waals surface area contributed by atoms with Gasteiger partial charge in [-0.1, -0.05) is 6.42 Å². The Morgan fingerprint density at radius 3 is 3.12 bits per heavy atom. The molecule has 1 aliphatic heterocycles. The van der Waals surface area contributed by atoms with E-state index in [1.165, 1.54) is 32.2 Å². The highest BCUT2D eigenvalue weighted by Gasteiger charge is 2.18. The number of likely N-dealkylation sites (tertiary alicyclic amines) is 1. The summed E-state index contributed by atoms with van der Waals surface area (Å²) in [5.74, 6) is 1.14. The molecular formula is C13H24N4. The van der Waals surface area contributed by atoms with Crippen molar-refractivity contribution < 1.29 is 0 Å². The van der Waals surface area contributed by atoms with E-state index in [-0.39, 0.29) is 0 Å². The summed E-state index contributed by atoms with van der Waals surface area (Å²) in [5.41, 5.74) is 0. The van der Waals surface area contributed by atoms with Gasteiger partial charge >= 0.3 is 0 Å². The summed E-state index contributed by atoms with van der Waals surface area (Å²) < 4.78 is 2.28. The van der Waals surface area contributed by atoms with Gasteiger partial charge in [0.15, 0.2) is 0 Å². The zero-order valence-electron chi connectivity index (χ0n) is 11.0. The number of nitrogens with zero attached hydrogens (tertiary/aromatic N) is 3. The molecule has 0 saturated carbocycles. The molecule has 96 valence electrons. The number of aromatic nitrogens is 2. The largest absolute Gasteiger partial charge is 0.334 e. The topological polar surface area (TPSA) is 33.1 Å². The van der Waals surface area contributed by atoms with Crippen LogP contribution in [0.3, 0.4) is 0 Å². The lowest BCUT2D eigenvalue weighted by Gasteiger charge is -2.32. The number of imidazole rings is 1. The second kappa shape index (κ2) is 6.17. The molecule has 0 aliphatic carbocycles. The van der Waals surface area contributed by atoms with Crippen molar-refractivity contribution >= 4 is 0 Å². The van der Waals surface area contributed by atoms with E-state index in [1.807, 2.05) is 13.2 Å². The van der Waals surface area contributed by atoms with Crippen molar-refractivity contribution in [1.82, 2.24) is 19.8 Å². The Morgan fingerprint density at radius 2 is 2.35 bits per heavy atom. The van der Waals surface area contributed by atoms with Crippen molar-refractivity contribution in [2.75, 3.05) is 20.6 Å².